The lowest BCUT2D eigenvalue weighted by Gasteiger charge is -2.11. The van der Waals surface area contributed by atoms with Gasteiger partial charge in [-0.25, -0.2) is 4.98 Å². The van der Waals surface area contributed by atoms with Gasteiger partial charge in [0.15, 0.2) is 0 Å². The Morgan fingerprint density at radius 1 is 1.10 bits per heavy atom. The lowest BCUT2D eigenvalue weighted by atomic mass is 10.1. The number of fused-ring (bicyclic) bond motifs is 1. The summed E-state index contributed by atoms with van der Waals surface area (Å²) in [4.78, 5) is 17.5. The van der Waals surface area contributed by atoms with Crippen LogP contribution >= 0.6 is 0 Å². The highest BCUT2D eigenvalue weighted by atomic mass is 16.5. The number of carbonyl (C=O) groups excluding carboxylic acids is 1. The quantitative estimate of drug-likeness (QED) is 0.429. The molecule has 0 radical (unpaired) electrons. The van der Waals surface area contributed by atoms with E-state index in [9.17, 15) is 4.79 Å². The highest BCUT2D eigenvalue weighted by molar-refractivity contribution is 6.04. The first-order valence-electron chi connectivity index (χ1n) is 10.2. The number of carbonyl (C=O) groups is 1. The standard InChI is InChI=1S/C23H25N5O2/c1-2-30-16-6-15-28-21-8-4-3-7-20(21)25-23(28)26-22(29)19-11-9-18(10-12-19)17-27-14-5-13-24-27/h3-5,7-14H,2,6,15-17H2,1H3,(H,25,26,29). The van der Waals surface area contributed by atoms with Gasteiger partial charge >= 0.3 is 0 Å². The fourth-order valence-corrected chi connectivity index (χ4v) is 3.38. The van der Waals surface area contributed by atoms with Gasteiger partial charge in [-0.15, -0.1) is 0 Å². The summed E-state index contributed by atoms with van der Waals surface area (Å²) < 4.78 is 9.34. The fraction of sp³-hybridized carbons (Fsp3) is 0.261. The predicted molar refractivity (Wildman–Crippen MR) is 117 cm³/mol. The molecule has 0 atom stereocenters. The molecule has 2 aromatic heterocycles. The van der Waals surface area contributed by atoms with Crippen LogP contribution in [0.15, 0.2) is 67.0 Å². The van der Waals surface area contributed by atoms with Crippen molar-refractivity contribution in [2.75, 3.05) is 18.5 Å². The van der Waals surface area contributed by atoms with Crippen molar-refractivity contribution < 1.29 is 9.53 Å². The van der Waals surface area contributed by atoms with Gasteiger partial charge in [0.2, 0.25) is 5.95 Å². The maximum Gasteiger partial charge on any atom is 0.257 e. The molecule has 1 amide bonds. The number of imidazole rings is 1. The SMILES string of the molecule is CCOCCCn1c(NC(=O)c2ccc(Cn3cccn3)cc2)nc2ccccc21. The summed E-state index contributed by atoms with van der Waals surface area (Å²) >= 11 is 0. The molecular formula is C23H25N5O2. The number of aryl methyl sites for hydroxylation is 1. The summed E-state index contributed by atoms with van der Waals surface area (Å²) in [7, 11) is 0. The van der Waals surface area contributed by atoms with Gasteiger partial charge in [-0.2, -0.15) is 5.10 Å². The van der Waals surface area contributed by atoms with Gasteiger partial charge in [-0.05, 0) is 49.2 Å². The third-order valence-corrected chi connectivity index (χ3v) is 4.87. The van der Waals surface area contributed by atoms with E-state index in [1.807, 2.05) is 77.0 Å². The zero-order valence-electron chi connectivity index (χ0n) is 17.0. The number of aromatic nitrogens is 4. The molecular weight excluding hydrogens is 378 g/mol. The van der Waals surface area contributed by atoms with Crippen molar-refractivity contribution in [2.45, 2.75) is 26.4 Å². The van der Waals surface area contributed by atoms with Crippen LogP contribution in [0.1, 0.15) is 29.3 Å². The minimum atomic E-state index is -0.179. The summed E-state index contributed by atoms with van der Waals surface area (Å²) in [6.45, 7) is 4.75. The predicted octanol–water partition coefficient (Wildman–Crippen LogP) is 3.96. The number of ether oxygens (including phenoxy) is 1. The maximum atomic E-state index is 12.8. The first-order valence-corrected chi connectivity index (χ1v) is 10.2. The molecule has 0 saturated carbocycles. The Kier molecular flexibility index (Phi) is 6.20. The van der Waals surface area contributed by atoms with Crippen LogP contribution in [0, 0.1) is 0 Å². The monoisotopic (exact) mass is 403 g/mol. The van der Waals surface area contributed by atoms with Crippen LogP contribution in [-0.2, 0) is 17.8 Å². The molecule has 154 valence electrons. The van der Waals surface area contributed by atoms with E-state index in [2.05, 4.69) is 15.4 Å². The van der Waals surface area contributed by atoms with Gasteiger partial charge in [0, 0.05) is 37.7 Å². The molecule has 0 fully saturated rings. The normalized spacial score (nSPS) is 11.1. The topological polar surface area (TPSA) is 74.0 Å². The van der Waals surface area contributed by atoms with E-state index >= 15 is 0 Å². The zero-order chi connectivity index (χ0) is 20.8. The fourth-order valence-electron chi connectivity index (χ4n) is 3.38. The number of nitrogens with zero attached hydrogens (tertiary/aromatic N) is 4. The minimum Gasteiger partial charge on any atom is -0.382 e. The van der Waals surface area contributed by atoms with E-state index in [0.29, 0.717) is 31.3 Å². The first-order chi connectivity index (χ1) is 14.7. The number of anilines is 1. The summed E-state index contributed by atoms with van der Waals surface area (Å²) in [5.74, 6) is 0.375. The largest absolute Gasteiger partial charge is 0.382 e. The molecule has 0 aliphatic carbocycles. The van der Waals surface area contributed by atoms with Gasteiger partial charge < -0.3 is 9.30 Å². The minimum absolute atomic E-state index is 0.179. The van der Waals surface area contributed by atoms with Crippen molar-refractivity contribution in [3.05, 3.63) is 78.1 Å². The molecule has 4 rings (SSSR count). The second-order valence-corrected chi connectivity index (χ2v) is 6.98. The van der Waals surface area contributed by atoms with E-state index in [0.717, 1.165) is 29.6 Å². The van der Waals surface area contributed by atoms with E-state index in [1.54, 1.807) is 6.20 Å². The molecule has 30 heavy (non-hydrogen) atoms. The van der Waals surface area contributed by atoms with Crippen molar-refractivity contribution >= 4 is 22.9 Å². The van der Waals surface area contributed by atoms with E-state index in [1.165, 1.54) is 0 Å². The third kappa shape index (κ3) is 4.58. The van der Waals surface area contributed by atoms with Gasteiger partial charge in [0.05, 0.1) is 17.6 Å². The number of hydrogen-bond donors (Lipinski definition) is 1. The molecule has 0 bridgehead atoms. The van der Waals surface area contributed by atoms with Crippen molar-refractivity contribution in [3.8, 4) is 0 Å². The van der Waals surface area contributed by atoms with Crippen LogP contribution in [0.25, 0.3) is 11.0 Å². The smallest absolute Gasteiger partial charge is 0.257 e. The number of nitrogens with one attached hydrogen (secondary N) is 1. The summed E-state index contributed by atoms with van der Waals surface area (Å²) in [5.41, 5.74) is 3.53. The van der Waals surface area contributed by atoms with Gasteiger partial charge in [0.1, 0.15) is 0 Å². The molecule has 0 aliphatic rings. The number of para-hydroxylation sites is 2. The van der Waals surface area contributed by atoms with Crippen molar-refractivity contribution in [1.82, 2.24) is 19.3 Å². The Labute approximate surface area is 175 Å². The van der Waals surface area contributed by atoms with Crippen LogP contribution < -0.4 is 5.32 Å². The Bertz CT molecular complexity index is 1100. The van der Waals surface area contributed by atoms with Gasteiger partial charge in [0.25, 0.3) is 5.91 Å². The molecule has 0 unspecified atom stereocenters. The molecule has 7 nitrogen and oxygen atoms in total. The summed E-state index contributed by atoms with van der Waals surface area (Å²) in [6.07, 6.45) is 4.51. The Morgan fingerprint density at radius 2 is 1.93 bits per heavy atom. The molecule has 0 saturated heterocycles. The second kappa shape index (κ2) is 9.37. The number of hydrogen-bond acceptors (Lipinski definition) is 4. The van der Waals surface area contributed by atoms with E-state index in [-0.39, 0.29) is 5.91 Å². The van der Waals surface area contributed by atoms with Crippen LogP contribution in [0.5, 0.6) is 0 Å². The Morgan fingerprint density at radius 3 is 2.70 bits per heavy atom. The number of rotatable bonds is 9. The molecule has 4 aromatic rings. The zero-order valence-corrected chi connectivity index (χ0v) is 17.0. The van der Waals surface area contributed by atoms with Gasteiger partial charge in [-0.3, -0.25) is 14.8 Å². The Hall–Kier alpha value is -3.45. The van der Waals surface area contributed by atoms with Crippen molar-refractivity contribution in [2.24, 2.45) is 0 Å². The molecule has 0 spiro atoms. The molecule has 2 heterocycles. The van der Waals surface area contributed by atoms with E-state index in [4.69, 9.17) is 4.74 Å². The third-order valence-electron chi connectivity index (χ3n) is 4.87. The Balaban J connectivity index is 1.49. The van der Waals surface area contributed by atoms with Crippen LogP contribution in [0.3, 0.4) is 0 Å². The summed E-state index contributed by atoms with van der Waals surface area (Å²) in [6, 6.07) is 17.3. The molecule has 0 aliphatic heterocycles. The van der Waals surface area contributed by atoms with E-state index < -0.39 is 0 Å². The number of amides is 1. The molecule has 2 aromatic carbocycles. The van der Waals surface area contributed by atoms with Crippen molar-refractivity contribution in [1.29, 1.82) is 0 Å². The summed E-state index contributed by atoms with van der Waals surface area (Å²) in [5, 5.41) is 7.19. The molecule has 7 heteroatoms. The highest BCUT2D eigenvalue weighted by Crippen LogP contribution is 2.21. The lowest BCUT2D eigenvalue weighted by molar-refractivity contribution is 0.102. The average molecular weight is 403 g/mol. The molecule has 1 N–H and O–H groups in total. The van der Waals surface area contributed by atoms with Crippen LogP contribution in [0.2, 0.25) is 0 Å². The lowest BCUT2D eigenvalue weighted by Crippen LogP contribution is -2.16. The first kappa shape index (κ1) is 19.8. The van der Waals surface area contributed by atoms with Crippen molar-refractivity contribution in [3.63, 3.8) is 0 Å². The maximum absolute atomic E-state index is 12.8. The second-order valence-electron chi connectivity index (χ2n) is 6.98. The van der Waals surface area contributed by atoms with Crippen LogP contribution in [0.4, 0.5) is 5.95 Å². The average Bonchev–Trinajstić information content (AvgIpc) is 3.39. The number of benzene rings is 2. The highest BCUT2D eigenvalue weighted by Gasteiger charge is 2.14. The van der Waals surface area contributed by atoms with Gasteiger partial charge in [-0.1, -0.05) is 24.3 Å². The van der Waals surface area contributed by atoms with Crippen LogP contribution in [-0.4, -0.2) is 38.5 Å².